The molecule has 58 valence electrons. The molecule has 1 heterocycles. The van der Waals surface area contributed by atoms with Crippen LogP contribution < -0.4 is 0 Å². The van der Waals surface area contributed by atoms with Gasteiger partial charge in [-0.05, 0) is 32.1 Å². The highest BCUT2D eigenvalue weighted by atomic mass is 16.5. The summed E-state index contributed by atoms with van der Waals surface area (Å²) >= 11 is 0. The lowest BCUT2D eigenvalue weighted by Gasteiger charge is -2.21. The Morgan fingerprint density at radius 3 is 3.00 bits per heavy atom. The third-order valence-electron chi connectivity index (χ3n) is 1.89. The molecule has 1 rings (SSSR count). The van der Waals surface area contributed by atoms with Gasteiger partial charge in [0.15, 0.2) is 0 Å². The van der Waals surface area contributed by atoms with Gasteiger partial charge in [-0.2, -0.15) is 0 Å². The van der Waals surface area contributed by atoms with Crippen LogP contribution in [0.3, 0.4) is 0 Å². The predicted molar refractivity (Wildman–Crippen MR) is 43.0 cm³/mol. The largest absolute Gasteiger partial charge is 0.381 e. The van der Waals surface area contributed by atoms with Crippen LogP contribution in [0.15, 0.2) is 12.2 Å². The van der Waals surface area contributed by atoms with Gasteiger partial charge in [-0.1, -0.05) is 5.57 Å². The van der Waals surface area contributed by atoms with Gasteiger partial charge in [0.1, 0.15) is 0 Å². The summed E-state index contributed by atoms with van der Waals surface area (Å²) in [5.74, 6) is 0.756. The van der Waals surface area contributed by atoms with E-state index in [0.29, 0.717) is 0 Å². The van der Waals surface area contributed by atoms with Gasteiger partial charge in [0.2, 0.25) is 0 Å². The number of rotatable bonds is 2. The maximum Gasteiger partial charge on any atom is 0.0497 e. The van der Waals surface area contributed by atoms with E-state index in [1.807, 2.05) is 0 Å². The standard InChI is InChI=1S/C9H16O/c1-8(2)6-9-4-3-5-10-7-9/h9H,1,3-7H2,2H3. The van der Waals surface area contributed by atoms with E-state index in [2.05, 4.69) is 13.5 Å². The van der Waals surface area contributed by atoms with Crippen LogP contribution in [0.2, 0.25) is 0 Å². The van der Waals surface area contributed by atoms with E-state index in [-0.39, 0.29) is 0 Å². The minimum atomic E-state index is 0.756. The molecule has 0 saturated carbocycles. The van der Waals surface area contributed by atoms with E-state index in [4.69, 9.17) is 4.74 Å². The maximum absolute atomic E-state index is 5.34. The fourth-order valence-electron chi connectivity index (χ4n) is 1.46. The van der Waals surface area contributed by atoms with Gasteiger partial charge in [-0.3, -0.25) is 0 Å². The zero-order valence-corrected chi connectivity index (χ0v) is 6.73. The Morgan fingerprint density at radius 2 is 2.50 bits per heavy atom. The molecule has 1 aliphatic rings. The number of allylic oxidation sites excluding steroid dienone is 1. The van der Waals surface area contributed by atoms with Crippen LogP contribution in [0, 0.1) is 5.92 Å². The molecule has 10 heavy (non-hydrogen) atoms. The summed E-state index contributed by atoms with van der Waals surface area (Å²) in [5, 5.41) is 0. The van der Waals surface area contributed by atoms with Crippen molar-refractivity contribution < 1.29 is 4.74 Å². The van der Waals surface area contributed by atoms with Gasteiger partial charge in [0, 0.05) is 13.2 Å². The molecule has 1 saturated heterocycles. The van der Waals surface area contributed by atoms with Crippen molar-refractivity contribution in [1.82, 2.24) is 0 Å². The highest BCUT2D eigenvalue weighted by molar-refractivity contribution is 4.90. The van der Waals surface area contributed by atoms with E-state index < -0.39 is 0 Å². The summed E-state index contributed by atoms with van der Waals surface area (Å²) in [7, 11) is 0. The quantitative estimate of drug-likeness (QED) is 0.535. The smallest absolute Gasteiger partial charge is 0.0497 e. The Labute approximate surface area is 63.1 Å². The molecule has 1 aliphatic heterocycles. The Morgan fingerprint density at radius 1 is 1.70 bits per heavy atom. The predicted octanol–water partition coefficient (Wildman–Crippen LogP) is 2.38. The van der Waals surface area contributed by atoms with Gasteiger partial charge in [0.05, 0.1) is 0 Å². The van der Waals surface area contributed by atoms with Crippen molar-refractivity contribution in [2.45, 2.75) is 26.2 Å². The van der Waals surface area contributed by atoms with E-state index in [0.717, 1.165) is 25.6 Å². The minimum Gasteiger partial charge on any atom is -0.381 e. The van der Waals surface area contributed by atoms with Crippen LogP contribution in [0.5, 0.6) is 0 Å². The summed E-state index contributed by atoms with van der Waals surface area (Å²) in [5.41, 5.74) is 1.29. The van der Waals surface area contributed by atoms with Gasteiger partial charge in [-0.25, -0.2) is 0 Å². The third kappa shape index (κ3) is 2.53. The first kappa shape index (κ1) is 7.80. The first-order chi connectivity index (χ1) is 4.79. The lowest BCUT2D eigenvalue weighted by molar-refractivity contribution is 0.0550. The monoisotopic (exact) mass is 140 g/mol. The molecule has 0 aromatic carbocycles. The topological polar surface area (TPSA) is 9.23 Å². The summed E-state index contributed by atoms with van der Waals surface area (Å²) in [4.78, 5) is 0. The highest BCUT2D eigenvalue weighted by Gasteiger charge is 2.12. The van der Waals surface area contributed by atoms with Crippen molar-refractivity contribution in [2.24, 2.45) is 5.92 Å². The fraction of sp³-hybridized carbons (Fsp3) is 0.778. The second kappa shape index (κ2) is 3.77. The van der Waals surface area contributed by atoms with Crippen LogP contribution >= 0.6 is 0 Å². The first-order valence-corrected chi connectivity index (χ1v) is 4.01. The lowest BCUT2D eigenvalue weighted by Crippen LogP contribution is -2.17. The van der Waals surface area contributed by atoms with Crippen molar-refractivity contribution >= 4 is 0 Å². The molecule has 0 aromatic rings. The summed E-state index contributed by atoms with van der Waals surface area (Å²) in [6.45, 7) is 7.90. The molecule has 1 unspecified atom stereocenters. The van der Waals surface area contributed by atoms with Crippen LogP contribution in [-0.2, 0) is 4.74 Å². The summed E-state index contributed by atoms with van der Waals surface area (Å²) in [6, 6.07) is 0. The molecular formula is C9H16O. The van der Waals surface area contributed by atoms with E-state index in [1.165, 1.54) is 18.4 Å². The fourth-order valence-corrected chi connectivity index (χ4v) is 1.46. The van der Waals surface area contributed by atoms with Crippen molar-refractivity contribution in [1.29, 1.82) is 0 Å². The molecule has 0 radical (unpaired) electrons. The second-order valence-electron chi connectivity index (χ2n) is 3.24. The second-order valence-corrected chi connectivity index (χ2v) is 3.24. The van der Waals surface area contributed by atoms with Crippen molar-refractivity contribution in [3.05, 3.63) is 12.2 Å². The van der Waals surface area contributed by atoms with Crippen LogP contribution in [0.25, 0.3) is 0 Å². The Kier molecular flexibility index (Phi) is 2.94. The molecule has 0 spiro atoms. The van der Waals surface area contributed by atoms with E-state index >= 15 is 0 Å². The van der Waals surface area contributed by atoms with Crippen LogP contribution in [-0.4, -0.2) is 13.2 Å². The van der Waals surface area contributed by atoms with Crippen molar-refractivity contribution in [2.75, 3.05) is 13.2 Å². The Bertz CT molecular complexity index is 112. The molecule has 0 aliphatic carbocycles. The van der Waals surface area contributed by atoms with Gasteiger partial charge in [0.25, 0.3) is 0 Å². The highest BCUT2D eigenvalue weighted by Crippen LogP contribution is 2.19. The maximum atomic E-state index is 5.34. The summed E-state index contributed by atoms with van der Waals surface area (Å²) < 4.78 is 5.34. The molecule has 1 heteroatoms. The van der Waals surface area contributed by atoms with Gasteiger partial charge < -0.3 is 4.74 Å². The Balaban J connectivity index is 2.19. The zero-order chi connectivity index (χ0) is 7.40. The number of hydrogen-bond donors (Lipinski definition) is 0. The zero-order valence-electron chi connectivity index (χ0n) is 6.73. The Hall–Kier alpha value is -0.300. The third-order valence-corrected chi connectivity index (χ3v) is 1.89. The molecule has 1 nitrogen and oxygen atoms in total. The first-order valence-electron chi connectivity index (χ1n) is 4.01. The molecule has 1 atom stereocenters. The molecule has 1 fully saturated rings. The SMILES string of the molecule is C=C(C)CC1CCCOC1. The van der Waals surface area contributed by atoms with Crippen LogP contribution in [0.1, 0.15) is 26.2 Å². The van der Waals surface area contributed by atoms with Crippen molar-refractivity contribution in [3.63, 3.8) is 0 Å². The van der Waals surface area contributed by atoms with E-state index in [9.17, 15) is 0 Å². The average molecular weight is 140 g/mol. The number of hydrogen-bond acceptors (Lipinski definition) is 1. The normalized spacial score (nSPS) is 26.3. The lowest BCUT2D eigenvalue weighted by atomic mass is 9.95. The van der Waals surface area contributed by atoms with Gasteiger partial charge in [-0.15, -0.1) is 6.58 Å². The molecular weight excluding hydrogens is 124 g/mol. The summed E-state index contributed by atoms with van der Waals surface area (Å²) in [6.07, 6.45) is 3.71. The van der Waals surface area contributed by atoms with Gasteiger partial charge >= 0.3 is 0 Å². The van der Waals surface area contributed by atoms with Crippen LogP contribution in [0.4, 0.5) is 0 Å². The molecule has 0 amide bonds. The average Bonchev–Trinajstić information content (AvgIpc) is 1.88. The van der Waals surface area contributed by atoms with Crippen molar-refractivity contribution in [3.8, 4) is 0 Å². The minimum absolute atomic E-state index is 0.756. The molecule has 0 N–H and O–H groups in total. The number of ether oxygens (including phenoxy) is 1. The molecule has 0 aromatic heterocycles. The van der Waals surface area contributed by atoms with E-state index in [1.54, 1.807) is 0 Å². The molecule has 0 bridgehead atoms.